The molecule has 94 valence electrons. The summed E-state index contributed by atoms with van der Waals surface area (Å²) < 4.78 is 15.4. The minimum absolute atomic E-state index is 0.184. The highest BCUT2D eigenvalue weighted by Gasteiger charge is 2.09. The molecule has 0 spiro atoms. The van der Waals surface area contributed by atoms with E-state index in [2.05, 4.69) is 16.8 Å². The van der Waals surface area contributed by atoms with Crippen LogP contribution in [0.3, 0.4) is 0 Å². The molecular weight excluding hydrogens is 249 g/mol. The molecule has 0 unspecified atom stereocenters. The highest BCUT2D eigenvalue weighted by Crippen LogP contribution is 2.23. The average Bonchev–Trinajstić information content (AvgIpc) is 2.71. The van der Waals surface area contributed by atoms with E-state index in [0.717, 1.165) is 11.0 Å². The zero-order valence-corrected chi connectivity index (χ0v) is 11.0. The van der Waals surface area contributed by atoms with Gasteiger partial charge in [0.25, 0.3) is 0 Å². The van der Waals surface area contributed by atoms with Crippen LogP contribution in [0.2, 0.25) is 0 Å². The van der Waals surface area contributed by atoms with E-state index in [1.54, 1.807) is 18.2 Å². The molecular formula is C13H14FN3S. The standard InChI is InChI=1S/C13H14FN3S/c1-3-8-17-10(2)15-16-13(17)18-9-11-6-4-5-7-12(11)14/h3-7H,1,8-9H2,2H3. The van der Waals surface area contributed by atoms with Crippen molar-refractivity contribution in [3.63, 3.8) is 0 Å². The van der Waals surface area contributed by atoms with E-state index in [1.807, 2.05) is 17.6 Å². The molecule has 0 saturated carbocycles. The topological polar surface area (TPSA) is 30.7 Å². The number of aryl methyl sites for hydroxylation is 1. The van der Waals surface area contributed by atoms with Gasteiger partial charge in [0.05, 0.1) is 0 Å². The van der Waals surface area contributed by atoms with Crippen LogP contribution in [0, 0.1) is 12.7 Å². The van der Waals surface area contributed by atoms with E-state index in [-0.39, 0.29) is 5.82 Å². The number of benzene rings is 1. The van der Waals surface area contributed by atoms with E-state index >= 15 is 0 Å². The quantitative estimate of drug-likeness (QED) is 0.613. The molecule has 18 heavy (non-hydrogen) atoms. The summed E-state index contributed by atoms with van der Waals surface area (Å²) in [6, 6.07) is 6.77. The van der Waals surface area contributed by atoms with Crippen molar-refractivity contribution in [2.24, 2.45) is 0 Å². The molecule has 0 radical (unpaired) electrons. The molecule has 2 aromatic rings. The van der Waals surface area contributed by atoms with Gasteiger partial charge in [0.15, 0.2) is 5.16 Å². The highest BCUT2D eigenvalue weighted by atomic mass is 32.2. The Morgan fingerprint density at radius 1 is 1.39 bits per heavy atom. The van der Waals surface area contributed by atoms with Crippen molar-refractivity contribution in [2.45, 2.75) is 24.4 Å². The van der Waals surface area contributed by atoms with Crippen molar-refractivity contribution >= 4 is 11.8 Å². The van der Waals surface area contributed by atoms with Gasteiger partial charge in [-0.15, -0.1) is 16.8 Å². The molecule has 0 N–H and O–H groups in total. The van der Waals surface area contributed by atoms with Crippen molar-refractivity contribution in [1.82, 2.24) is 14.8 Å². The second-order valence-electron chi connectivity index (χ2n) is 3.81. The normalized spacial score (nSPS) is 10.6. The Hall–Kier alpha value is -1.62. The maximum absolute atomic E-state index is 13.5. The van der Waals surface area contributed by atoms with E-state index in [1.165, 1.54) is 17.8 Å². The largest absolute Gasteiger partial charge is 0.302 e. The van der Waals surface area contributed by atoms with Crippen LogP contribution in [-0.4, -0.2) is 14.8 Å². The third-order valence-electron chi connectivity index (χ3n) is 2.53. The summed E-state index contributed by atoms with van der Waals surface area (Å²) in [4.78, 5) is 0. The summed E-state index contributed by atoms with van der Waals surface area (Å²) in [5.74, 6) is 1.20. The van der Waals surface area contributed by atoms with Crippen molar-refractivity contribution in [2.75, 3.05) is 0 Å². The van der Waals surface area contributed by atoms with Crippen LogP contribution in [-0.2, 0) is 12.3 Å². The molecule has 0 fully saturated rings. The second-order valence-corrected chi connectivity index (χ2v) is 4.75. The minimum Gasteiger partial charge on any atom is -0.302 e. The Bertz CT molecular complexity index is 551. The first kappa shape index (κ1) is 12.8. The first-order valence-electron chi connectivity index (χ1n) is 5.59. The van der Waals surface area contributed by atoms with E-state index in [9.17, 15) is 4.39 Å². The fraction of sp³-hybridized carbons (Fsp3) is 0.231. The molecule has 5 heteroatoms. The lowest BCUT2D eigenvalue weighted by Gasteiger charge is -2.05. The van der Waals surface area contributed by atoms with Crippen LogP contribution in [0.25, 0.3) is 0 Å². The Labute approximate surface area is 110 Å². The summed E-state index contributed by atoms with van der Waals surface area (Å²) in [6.07, 6.45) is 1.80. The smallest absolute Gasteiger partial charge is 0.191 e. The molecule has 0 aliphatic rings. The van der Waals surface area contributed by atoms with E-state index < -0.39 is 0 Å². The summed E-state index contributed by atoms with van der Waals surface area (Å²) in [5.41, 5.74) is 0.674. The number of thioether (sulfide) groups is 1. The van der Waals surface area contributed by atoms with Crippen LogP contribution < -0.4 is 0 Å². The number of hydrogen-bond donors (Lipinski definition) is 0. The number of allylic oxidation sites excluding steroid dienone is 1. The summed E-state index contributed by atoms with van der Waals surface area (Å²) in [6.45, 7) is 6.26. The fourth-order valence-electron chi connectivity index (χ4n) is 1.57. The Morgan fingerprint density at radius 3 is 2.89 bits per heavy atom. The number of hydrogen-bond acceptors (Lipinski definition) is 3. The third-order valence-corrected chi connectivity index (χ3v) is 3.54. The SMILES string of the molecule is C=CCn1c(C)nnc1SCc1ccccc1F. The van der Waals surface area contributed by atoms with Gasteiger partial charge in [-0.1, -0.05) is 36.0 Å². The number of rotatable bonds is 5. The van der Waals surface area contributed by atoms with Gasteiger partial charge < -0.3 is 4.57 Å². The number of halogens is 1. The summed E-state index contributed by atoms with van der Waals surface area (Å²) in [5, 5.41) is 8.89. The first-order chi connectivity index (χ1) is 8.72. The molecule has 3 nitrogen and oxygen atoms in total. The van der Waals surface area contributed by atoms with Gasteiger partial charge in [-0.05, 0) is 18.6 Å². The highest BCUT2D eigenvalue weighted by molar-refractivity contribution is 7.98. The predicted molar refractivity (Wildman–Crippen MR) is 70.9 cm³/mol. The predicted octanol–water partition coefficient (Wildman–Crippen LogP) is 3.20. The molecule has 0 aliphatic carbocycles. The lowest BCUT2D eigenvalue weighted by atomic mass is 10.2. The molecule has 0 bridgehead atoms. The van der Waals surface area contributed by atoms with Crippen molar-refractivity contribution in [3.8, 4) is 0 Å². The van der Waals surface area contributed by atoms with Crippen molar-refractivity contribution in [1.29, 1.82) is 0 Å². The number of aromatic nitrogens is 3. The lowest BCUT2D eigenvalue weighted by Crippen LogP contribution is -2.00. The zero-order chi connectivity index (χ0) is 13.0. The van der Waals surface area contributed by atoms with E-state index in [4.69, 9.17) is 0 Å². The van der Waals surface area contributed by atoms with Crippen LogP contribution in [0.4, 0.5) is 4.39 Å². The lowest BCUT2D eigenvalue weighted by molar-refractivity contribution is 0.617. The maximum atomic E-state index is 13.5. The Balaban J connectivity index is 2.11. The number of nitrogens with zero attached hydrogens (tertiary/aromatic N) is 3. The van der Waals surface area contributed by atoms with E-state index in [0.29, 0.717) is 17.9 Å². The van der Waals surface area contributed by atoms with Crippen LogP contribution in [0.1, 0.15) is 11.4 Å². The minimum atomic E-state index is -0.184. The second kappa shape index (κ2) is 5.82. The van der Waals surface area contributed by atoms with Gasteiger partial charge in [0, 0.05) is 12.3 Å². The Kier molecular flexibility index (Phi) is 4.15. The molecule has 0 amide bonds. The van der Waals surface area contributed by atoms with Crippen molar-refractivity contribution < 1.29 is 4.39 Å². The molecule has 0 aliphatic heterocycles. The molecule has 2 rings (SSSR count). The van der Waals surface area contributed by atoms with Gasteiger partial charge >= 0.3 is 0 Å². The van der Waals surface area contributed by atoms with Gasteiger partial charge in [0.2, 0.25) is 0 Å². The van der Waals surface area contributed by atoms with Gasteiger partial charge in [-0.2, -0.15) is 0 Å². The van der Waals surface area contributed by atoms with Gasteiger partial charge in [0.1, 0.15) is 11.6 Å². The monoisotopic (exact) mass is 263 g/mol. The average molecular weight is 263 g/mol. The van der Waals surface area contributed by atoms with Gasteiger partial charge in [-0.25, -0.2) is 4.39 Å². The molecule has 1 aromatic carbocycles. The zero-order valence-electron chi connectivity index (χ0n) is 10.1. The summed E-state index contributed by atoms with van der Waals surface area (Å²) in [7, 11) is 0. The van der Waals surface area contributed by atoms with Crippen LogP contribution >= 0.6 is 11.8 Å². The molecule has 1 heterocycles. The first-order valence-corrected chi connectivity index (χ1v) is 6.58. The molecule has 0 atom stereocenters. The Morgan fingerprint density at radius 2 is 2.17 bits per heavy atom. The fourth-order valence-corrected chi connectivity index (χ4v) is 2.55. The van der Waals surface area contributed by atoms with Gasteiger partial charge in [-0.3, -0.25) is 0 Å². The van der Waals surface area contributed by atoms with Crippen LogP contribution in [0.15, 0.2) is 42.1 Å². The van der Waals surface area contributed by atoms with Crippen molar-refractivity contribution in [3.05, 3.63) is 54.1 Å². The third kappa shape index (κ3) is 2.79. The molecule has 0 saturated heterocycles. The maximum Gasteiger partial charge on any atom is 0.191 e. The summed E-state index contributed by atoms with van der Waals surface area (Å²) >= 11 is 1.48. The van der Waals surface area contributed by atoms with Crippen LogP contribution in [0.5, 0.6) is 0 Å². The molecule has 1 aromatic heterocycles.